The van der Waals surface area contributed by atoms with Crippen LogP contribution in [0.2, 0.25) is 0 Å². The third-order valence-electron chi connectivity index (χ3n) is 4.64. The van der Waals surface area contributed by atoms with Crippen LogP contribution in [0.3, 0.4) is 0 Å². The lowest BCUT2D eigenvalue weighted by atomic mass is 9.69. The Kier molecular flexibility index (Phi) is 4.53. The van der Waals surface area contributed by atoms with Gasteiger partial charge in [0.25, 0.3) is 0 Å². The van der Waals surface area contributed by atoms with Gasteiger partial charge < -0.3 is 4.74 Å². The Hall–Kier alpha value is -0.500. The zero-order chi connectivity index (χ0) is 15.1. The fourth-order valence-electron chi connectivity index (χ4n) is 2.80. The molecule has 2 unspecified atom stereocenters. The number of hydrogen-bond donors (Lipinski definition) is 0. The summed E-state index contributed by atoms with van der Waals surface area (Å²) in [5, 5.41) is 0. The van der Waals surface area contributed by atoms with Gasteiger partial charge in [0.1, 0.15) is 11.9 Å². The van der Waals surface area contributed by atoms with Crippen LogP contribution in [0, 0.1) is 5.41 Å². The summed E-state index contributed by atoms with van der Waals surface area (Å²) in [7, 11) is 0. The summed E-state index contributed by atoms with van der Waals surface area (Å²) in [6.45, 7) is 13.5. The second-order valence-corrected chi connectivity index (χ2v) is 8.31. The summed E-state index contributed by atoms with van der Waals surface area (Å²) in [6.07, 6.45) is 1.40. The molecule has 0 N–H and O–H groups in total. The van der Waals surface area contributed by atoms with E-state index in [2.05, 4.69) is 75.7 Å². The molecule has 0 aromatic heterocycles. The molecule has 1 aromatic carbocycles. The SMILES string of the molecule is CC(C)c1cccc(C(C)C)c1OC1CC(Br)C1(C)C. The molecule has 0 spiro atoms. The normalized spacial score (nSPS) is 24.9. The molecule has 2 heteroatoms. The summed E-state index contributed by atoms with van der Waals surface area (Å²) in [5.41, 5.74) is 2.88. The maximum atomic E-state index is 6.49. The van der Waals surface area contributed by atoms with E-state index in [4.69, 9.17) is 4.74 Å². The Labute approximate surface area is 132 Å². The third kappa shape index (κ3) is 2.77. The van der Waals surface area contributed by atoms with Crippen molar-refractivity contribution in [2.75, 3.05) is 0 Å². The molecule has 1 aromatic rings. The molecule has 1 fully saturated rings. The topological polar surface area (TPSA) is 9.23 Å². The fourth-order valence-corrected chi connectivity index (χ4v) is 3.43. The van der Waals surface area contributed by atoms with Gasteiger partial charge in [-0.05, 0) is 29.4 Å². The Morgan fingerprint density at radius 2 is 1.60 bits per heavy atom. The molecule has 1 aliphatic rings. The van der Waals surface area contributed by atoms with Gasteiger partial charge in [-0.15, -0.1) is 0 Å². The second kappa shape index (κ2) is 5.71. The van der Waals surface area contributed by atoms with Crippen LogP contribution in [0.25, 0.3) is 0 Å². The molecule has 2 rings (SSSR count). The zero-order valence-electron chi connectivity index (χ0n) is 13.5. The van der Waals surface area contributed by atoms with Crippen LogP contribution >= 0.6 is 15.9 Å². The summed E-state index contributed by atoms with van der Waals surface area (Å²) in [5.74, 6) is 2.12. The van der Waals surface area contributed by atoms with Gasteiger partial charge in [-0.1, -0.05) is 75.7 Å². The number of rotatable bonds is 4. The van der Waals surface area contributed by atoms with Crippen molar-refractivity contribution in [2.45, 2.75) is 70.7 Å². The van der Waals surface area contributed by atoms with E-state index in [0.717, 1.165) is 12.2 Å². The van der Waals surface area contributed by atoms with E-state index < -0.39 is 0 Å². The number of halogens is 1. The highest BCUT2D eigenvalue weighted by atomic mass is 79.9. The maximum Gasteiger partial charge on any atom is 0.126 e. The van der Waals surface area contributed by atoms with Gasteiger partial charge in [-0.3, -0.25) is 0 Å². The Bertz CT molecular complexity index is 450. The highest BCUT2D eigenvalue weighted by molar-refractivity contribution is 9.09. The molecule has 0 saturated heterocycles. The summed E-state index contributed by atoms with van der Waals surface area (Å²) in [4.78, 5) is 0.564. The third-order valence-corrected chi connectivity index (χ3v) is 6.19. The predicted octanol–water partition coefficient (Wildman–Crippen LogP) is 5.87. The van der Waals surface area contributed by atoms with E-state index >= 15 is 0 Å². The van der Waals surface area contributed by atoms with Crippen LogP contribution in [-0.2, 0) is 0 Å². The molecule has 0 heterocycles. The smallest absolute Gasteiger partial charge is 0.126 e. The number of hydrogen-bond acceptors (Lipinski definition) is 1. The molecular weight excluding hydrogens is 312 g/mol. The van der Waals surface area contributed by atoms with Crippen molar-refractivity contribution < 1.29 is 4.74 Å². The molecule has 1 saturated carbocycles. The Balaban J connectivity index is 2.34. The lowest BCUT2D eigenvalue weighted by Crippen LogP contribution is -2.53. The molecule has 0 radical (unpaired) electrons. The lowest BCUT2D eigenvalue weighted by Gasteiger charge is -2.49. The van der Waals surface area contributed by atoms with Crippen molar-refractivity contribution in [3.05, 3.63) is 29.3 Å². The largest absolute Gasteiger partial charge is 0.489 e. The van der Waals surface area contributed by atoms with Crippen molar-refractivity contribution in [3.8, 4) is 5.75 Å². The summed E-state index contributed by atoms with van der Waals surface area (Å²) in [6, 6.07) is 6.59. The molecule has 0 aliphatic heterocycles. The van der Waals surface area contributed by atoms with E-state index in [0.29, 0.717) is 22.8 Å². The second-order valence-electron chi connectivity index (χ2n) is 7.21. The van der Waals surface area contributed by atoms with Crippen LogP contribution < -0.4 is 4.74 Å². The molecule has 0 bridgehead atoms. The van der Waals surface area contributed by atoms with Gasteiger partial charge in [-0.2, -0.15) is 0 Å². The number of alkyl halides is 1. The summed E-state index contributed by atoms with van der Waals surface area (Å²) < 4.78 is 6.49. The molecule has 0 amide bonds. The number of benzene rings is 1. The van der Waals surface area contributed by atoms with Gasteiger partial charge in [0.2, 0.25) is 0 Å². The first kappa shape index (κ1) is 15.9. The highest BCUT2D eigenvalue weighted by Gasteiger charge is 2.49. The van der Waals surface area contributed by atoms with Crippen LogP contribution in [0.15, 0.2) is 18.2 Å². The Morgan fingerprint density at radius 1 is 1.10 bits per heavy atom. The minimum atomic E-state index is 0.207. The highest BCUT2D eigenvalue weighted by Crippen LogP contribution is 2.49. The van der Waals surface area contributed by atoms with Crippen LogP contribution in [0.5, 0.6) is 5.75 Å². The standard InChI is InChI=1S/C18H27BrO/c1-11(2)13-8-7-9-14(12(3)4)17(13)20-16-10-15(19)18(16,5)6/h7-9,11-12,15-16H,10H2,1-6H3. The molecule has 20 heavy (non-hydrogen) atoms. The van der Waals surface area contributed by atoms with Crippen molar-refractivity contribution in [2.24, 2.45) is 5.41 Å². The van der Waals surface area contributed by atoms with E-state index in [1.165, 1.54) is 11.1 Å². The summed E-state index contributed by atoms with van der Waals surface area (Å²) >= 11 is 3.75. The minimum absolute atomic E-state index is 0.207. The Morgan fingerprint density at radius 3 is 1.95 bits per heavy atom. The molecule has 112 valence electrons. The van der Waals surface area contributed by atoms with Crippen LogP contribution in [0.4, 0.5) is 0 Å². The van der Waals surface area contributed by atoms with Crippen LogP contribution in [-0.4, -0.2) is 10.9 Å². The lowest BCUT2D eigenvalue weighted by molar-refractivity contribution is -0.00927. The zero-order valence-corrected chi connectivity index (χ0v) is 15.1. The minimum Gasteiger partial charge on any atom is -0.489 e. The number of ether oxygens (including phenoxy) is 1. The van der Waals surface area contributed by atoms with Crippen molar-refractivity contribution in [1.29, 1.82) is 0 Å². The fraction of sp³-hybridized carbons (Fsp3) is 0.667. The van der Waals surface area contributed by atoms with E-state index in [1.54, 1.807) is 0 Å². The van der Waals surface area contributed by atoms with Crippen molar-refractivity contribution >= 4 is 15.9 Å². The molecule has 2 atom stereocenters. The van der Waals surface area contributed by atoms with E-state index in [-0.39, 0.29) is 5.41 Å². The van der Waals surface area contributed by atoms with Gasteiger partial charge in [0.05, 0.1) is 0 Å². The van der Waals surface area contributed by atoms with Crippen molar-refractivity contribution in [1.82, 2.24) is 0 Å². The van der Waals surface area contributed by atoms with Gasteiger partial charge in [0, 0.05) is 10.2 Å². The van der Waals surface area contributed by atoms with Crippen molar-refractivity contribution in [3.63, 3.8) is 0 Å². The predicted molar refractivity (Wildman–Crippen MR) is 90.1 cm³/mol. The monoisotopic (exact) mass is 338 g/mol. The van der Waals surface area contributed by atoms with Gasteiger partial charge >= 0.3 is 0 Å². The first-order valence-electron chi connectivity index (χ1n) is 7.68. The van der Waals surface area contributed by atoms with E-state index in [9.17, 15) is 0 Å². The first-order valence-corrected chi connectivity index (χ1v) is 8.60. The van der Waals surface area contributed by atoms with Gasteiger partial charge in [-0.25, -0.2) is 0 Å². The first-order chi connectivity index (χ1) is 9.25. The van der Waals surface area contributed by atoms with Gasteiger partial charge in [0.15, 0.2) is 0 Å². The molecular formula is C18H27BrO. The number of para-hydroxylation sites is 1. The molecule has 1 nitrogen and oxygen atoms in total. The van der Waals surface area contributed by atoms with E-state index in [1.807, 2.05) is 0 Å². The average Bonchev–Trinajstić information content (AvgIpc) is 2.37. The van der Waals surface area contributed by atoms with Crippen LogP contribution in [0.1, 0.15) is 70.9 Å². The molecule has 1 aliphatic carbocycles. The quantitative estimate of drug-likeness (QED) is 0.623. The maximum absolute atomic E-state index is 6.49. The average molecular weight is 339 g/mol.